The zero-order valence-electron chi connectivity index (χ0n) is 17.7. The minimum atomic E-state index is -0.653. The summed E-state index contributed by atoms with van der Waals surface area (Å²) in [6, 6.07) is 1.51. The van der Waals surface area contributed by atoms with Gasteiger partial charge in [0.05, 0.1) is 0 Å². The highest BCUT2D eigenvalue weighted by atomic mass is 16.4. The molecule has 0 aliphatic carbocycles. The maximum Gasteiger partial charge on any atom is 0.303 e. The highest BCUT2D eigenvalue weighted by Gasteiger charge is 1.97. The van der Waals surface area contributed by atoms with Crippen molar-refractivity contribution in [2.75, 3.05) is 0 Å². The van der Waals surface area contributed by atoms with Crippen LogP contribution in [0.25, 0.3) is 0 Å². The lowest BCUT2D eigenvalue weighted by Gasteiger charge is -2.03. The molecule has 0 atom stereocenters. The highest BCUT2D eigenvalue weighted by molar-refractivity contribution is 5.66. The van der Waals surface area contributed by atoms with Crippen LogP contribution in [0.1, 0.15) is 115 Å². The number of H-pyrrole nitrogens is 1. The van der Waals surface area contributed by atoms with E-state index in [1.807, 2.05) is 0 Å². The number of nitrogens with one attached hydrogen (secondary N) is 1. The third-order valence-electron chi connectivity index (χ3n) is 4.90. The second kappa shape index (κ2) is 19.3. The van der Waals surface area contributed by atoms with E-state index in [0.29, 0.717) is 12.1 Å². The second-order valence-corrected chi connectivity index (χ2v) is 7.56. The van der Waals surface area contributed by atoms with Gasteiger partial charge in [-0.05, 0) is 13.3 Å². The summed E-state index contributed by atoms with van der Waals surface area (Å²) >= 11 is 0. The topological polar surface area (TPSA) is 76.1 Å². The van der Waals surface area contributed by atoms with Crippen LogP contribution in [0.15, 0.2) is 12.3 Å². The van der Waals surface area contributed by atoms with Gasteiger partial charge in [-0.3, -0.25) is 4.79 Å². The zero-order chi connectivity index (χ0) is 20.2. The van der Waals surface area contributed by atoms with Crippen LogP contribution < -0.4 is 5.11 Å². The van der Waals surface area contributed by atoms with Crippen LogP contribution in [0.4, 0.5) is 0 Å². The van der Waals surface area contributed by atoms with E-state index in [2.05, 4.69) is 11.9 Å². The number of hydrogen-bond acceptors (Lipinski definition) is 2. The van der Waals surface area contributed by atoms with E-state index >= 15 is 0 Å². The van der Waals surface area contributed by atoms with Gasteiger partial charge >= 0.3 is 5.97 Å². The third-order valence-corrected chi connectivity index (χ3v) is 4.90. The van der Waals surface area contributed by atoms with Crippen LogP contribution in [0.5, 0.6) is 5.75 Å². The Morgan fingerprint density at radius 1 is 0.852 bits per heavy atom. The zero-order valence-corrected chi connectivity index (χ0v) is 17.7. The Morgan fingerprint density at radius 2 is 1.26 bits per heavy atom. The van der Waals surface area contributed by atoms with E-state index in [0.717, 1.165) is 12.8 Å². The average Bonchev–Trinajstić information content (AvgIpc) is 3.01. The molecule has 0 fully saturated rings. The Kier molecular flexibility index (Phi) is 18.3. The third kappa shape index (κ3) is 19.1. The SMILES string of the molecule is CCCCCCCCCCCCCCCCCC(=O)O.Cc1[nH]ccc1[O-]. The fourth-order valence-electron chi connectivity index (χ4n) is 3.09. The molecule has 4 heteroatoms. The summed E-state index contributed by atoms with van der Waals surface area (Å²) in [5.41, 5.74) is 0.708. The summed E-state index contributed by atoms with van der Waals surface area (Å²) in [6.45, 7) is 4.02. The standard InChI is InChI=1S/C18H36O2.C5H7NO/c1-2-3-4-5-6-7-8-9-10-11-12-13-14-15-16-17-18(19)20;1-4-5(7)2-3-6-4/h2-17H2,1H3,(H,19,20);2-3,6-7H,1H3/p-1. The Bertz CT molecular complexity index is 426. The van der Waals surface area contributed by atoms with Crippen molar-refractivity contribution in [3.8, 4) is 5.75 Å². The number of rotatable bonds is 16. The van der Waals surface area contributed by atoms with E-state index in [9.17, 15) is 9.90 Å². The van der Waals surface area contributed by atoms with Crippen LogP contribution in [-0.4, -0.2) is 16.1 Å². The number of aromatic amines is 1. The molecule has 158 valence electrons. The molecular weight excluding hydrogens is 338 g/mol. The molecule has 0 amide bonds. The first-order chi connectivity index (χ1) is 13.1. The van der Waals surface area contributed by atoms with Crippen molar-refractivity contribution >= 4 is 5.97 Å². The van der Waals surface area contributed by atoms with Gasteiger partial charge in [0.15, 0.2) is 0 Å². The summed E-state index contributed by atoms with van der Waals surface area (Å²) in [7, 11) is 0. The van der Waals surface area contributed by atoms with Crippen molar-refractivity contribution in [3.05, 3.63) is 18.0 Å². The van der Waals surface area contributed by atoms with E-state index in [1.54, 1.807) is 13.1 Å². The van der Waals surface area contributed by atoms with Gasteiger partial charge in [0, 0.05) is 18.3 Å². The lowest BCUT2D eigenvalue weighted by atomic mass is 10.0. The molecule has 27 heavy (non-hydrogen) atoms. The predicted octanol–water partition coefficient (Wildman–Crippen LogP) is 6.73. The first-order valence-electron chi connectivity index (χ1n) is 11.1. The molecule has 4 nitrogen and oxygen atoms in total. The van der Waals surface area contributed by atoms with Gasteiger partial charge in [-0.2, -0.15) is 0 Å². The van der Waals surface area contributed by atoms with Crippen molar-refractivity contribution in [3.63, 3.8) is 0 Å². The number of hydrogen-bond donors (Lipinski definition) is 2. The molecule has 0 radical (unpaired) electrons. The molecule has 0 saturated carbocycles. The predicted molar refractivity (Wildman–Crippen MR) is 112 cm³/mol. The van der Waals surface area contributed by atoms with Gasteiger partial charge < -0.3 is 15.2 Å². The number of unbranched alkanes of at least 4 members (excludes halogenated alkanes) is 14. The molecule has 0 bridgehead atoms. The molecule has 2 N–H and O–H groups in total. The van der Waals surface area contributed by atoms with Crippen LogP contribution in [0, 0.1) is 6.92 Å². The Balaban J connectivity index is 0.000000797. The monoisotopic (exact) mass is 380 g/mol. The van der Waals surface area contributed by atoms with Crippen LogP contribution in [0.2, 0.25) is 0 Å². The molecule has 0 spiro atoms. The Morgan fingerprint density at radius 3 is 1.52 bits per heavy atom. The number of aliphatic carboxylic acids is 1. The van der Waals surface area contributed by atoms with Crippen molar-refractivity contribution in [1.82, 2.24) is 4.98 Å². The summed E-state index contributed by atoms with van der Waals surface area (Å²) < 4.78 is 0. The van der Waals surface area contributed by atoms with Gasteiger partial charge in [-0.1, -0.05) is 109 Å². The van der Waals surface area contributed by atoms with Gasteiger partial charge in [0.1, 0.15) is 0 Å². The van der Waals surface area contributed by atoms with Crippen molar-refractivity contribution in [2.45, 2.75) is 117 Å². The molecule has 0 aliphatic rings. The van der Waals surface area contributed by atoms with Gasteiger partial charge in [-0.15, -0.1) is 0 Å². The number of carboxylic acid groups (broad SMARTS) is 1. The van der Waals surface area contributed by atoms with Gasteiger partial charge in [-0.25, -0.2) is 0 Å². The van der Waals surface area contributed by atoms with Crippen LogP contribution >= 0.6 is 0 Å². The lowest BCUT2D eigenvalue weighted by Crippen LogP contribution is -1.93. The summed E-state index contributed by atoms with van der Waals surface area (Å²) in [4.78, 5) is 13.1. The molecular formula is C23H42NO3-. The summed E-state index contributed by atoms with van der Waals surface area (Å²) in [5, 5.41) is 18.9. The Hall–Kier alpha value is -1.45. The van der Waals surface area contributed by atoms with Crippen molar-refractivity contribution in [1.29, 1.82) is 0 Å². The number of aryl methyl sites for hydroxylation is 1. The van der Waals surface area contributed by atoms with Crippen molar-refractivity contribution < 1.29 is 15.0 Å². The fourth-order valence-corrected chi connectivity index (χ4v) is 3.09. The second-order valence-electron chi connectivity index (χ2n) is 7.56. The smallest absolute Gasteiger partial charge is 0.303 e. The Labute approximate surface area is 166 Å². The molecule has 0 aromatic carbocycles. The summed E-state index contributed by atoms with van der Waals surface area (Å²) in [6.07, 6.45) is 21.8. The average molecular weight is 381 g/mol. The molecule has 1 heterocycles. The molecule has 0 unspecified atom stereocenters. The maximum atomic E-state index is 10.4. The lowest BCUT2D eigenvalue weighted by molar-refractivity contribution is -0.269. The number of carbonyl (C=O) groups is 1. The minimum Gasteiger partial charge on any atom is -0.871 e. The van der Waals surface area contributed by atoms with Crippen LogP contribution in [-0.2, 0) is 4.79 Å². The molecule has 1 aromatic rings. The first-order valence-corrected chi connectivity index (χ1v) is 11.1. The maximum absolute atomic E-state index is 10.4. The van der Waals surface area contributed by atoms with Gasteiger partial charge in [0.25, 0.3) is 0 Å². The number of carboxylic acids is 1. The van der Waals surface area contributed by atoms with E-state index in [-0.39, 0.29) is 5.75 Å². The largest absolute Gasteiger partial charge is 0.871 e. The quantitative estimate of drug-likeness (QED) is 0.312. The minimum absolute atomic E-state index is 0.0833. The fraction of sp³-hybridized carbons (Fsp3) is 0.783. The molecule has 0 saturated heterocycles. The van der Waals surface area contributed by atoms with E-state index in [4.69, 9.17) is 5.11 Å². The molecule has 1 rings (SSSR count). The van der Waals surface area contributed by atoms with E-state index in [1.165, 1.54) is 89.5 Å². The molecule has 0 aliphatic heterocycles. The highest BCUT2D eigenvalue weighted by Crippen LogP contribution is 2.13. The van der Waals surface area contributed by atoms with E-state index < -0.39 is 5.97 Å². The molecule has 1 aromatic heterocycles. The summed E-state index contributed by atoms with van der Waals surface area (Å²) in [5.74, 6) is -0.570. The number of aromatic nitrogens is 1. The van der Waals surface area contributed by atoms with Crippen LogP contribution in [0.3, 0.4) is 0 Å². The van der Waals surface area contributed by atoms with Crippen molar-refractivity contribution in [2.24, 2.45) is 0 Å². The first kappa shape index (κ1) is 25.6. The van der Waals surface area contributed by atoms with Gasteiger partial charge in [0.2, 0.25) is 0 Å². The normalized spacial score (nSPS) is 10.4.